The average molecular weight is 661 g/mol. The first-order valence-corrected chi connectivity index (χ1v) is 16.0. The first-order valence-electron chi connectivity index (χ1n) is 23.7. The zero-order valence-electron chi connectivity index (χ0n) is 42.2. The molecule has 0 saturated heterocycles. The van der Waals surface area contributed by atoms with E-state index in [1.807, 2.05) is 30.3 Å². The van der Waals surface area contributed by atoms with Crippen LogP contribution in [0.2, 0.25) is 0 Å². The molecule has 3 heteroatoms. The Hall–Kier alpha value is -6.16. The molecule has 2 nitrogen and oxygen atoms in total. The number of anilines is 3. The lowest BCUT2D eigenvalue weighted by Crippen LogP contribution is -2.10. The van der Waals surface area contributed by atoms with E-state index in [0.717, 1.165) is 19.7 Å². The van der Waals surface area contributed by atoms with Crippen molar-refractivity contribution in [3.05, 3.63) is 176 Å². The van der Waals surface area contributed by atoms with Crippen molar-refractivity contribution in [1.82, 2.24) is 0 Å². The monoisotopic (exact) mass is 660 g/mol. The molecule has 8 aromatic carbocycles. The van der Waals surface area contributed by atoms with Crippen LogP contribution in [0.5, 0.6) is 0 Å². The summed E-state index contributed by atoms with van der Waals surface area (Å²) < 4.78 is 164. The van der Waals surface area contributed by atoms with Crippen molar-refractivity contribution in [1.29, 1.82) is 0 Å². The summed E-state index contributed by atoms with van der Waals surface area (Å²) in [6.07, 6.45) is 0. The topological polar surface area (TPSA) is 16.4 Å². The molecule has 0 radical (unpaired) electrons. The fourth-order valence-corrected chi connectivity index (χ4v) is 7.32. The maximum Gasteiger partial charge on any atom is 0.143 e. The number of nitrogens with zero attached hydrogens (tertiary/aromatic N) is 1. The molecule has 0 unspecified atom stereocenters. The average Bonchev–Trinajstić information content (AvgIpc) is 3.90. The van der Waals surface area contributed by atoms with Gasteiger partial charge in [0.15, 0.2) is 0 Å². The van der Waals surface area contributed by atoms with Crippen LogP contribution >= 0.6 is 11.3 Å². The van der Waals surface area contributed by atoms with Gasteiger partial charge in [-0.2, -0.15) is 0 Å². The third-order valence-electron chi connectivity index (χ3n) is 8.36. The van der Waals surface area contributed by atoms with Crippen molar-refractivity contribution in [2.24, 2.45) is 0 Å². The standard InChI is InChI=1S/C46H29NOS/c1-2-11-30(12-3-1)33-14-8-15-35(29-33)47(40-19-10-20-41-45(40)39-28-25-31-13-4-5-16-37(31)46(39)48-41)34-26-23-32(24-27-34)36-18-9-22-43-44(36)38-17-6-7-21-42(38)49-43/h1-29H/i4D,5D,8D,10D,13D,14D,15D,16D,19D,20D,23D,24D,25D,26D,27D,28D,29D. The zero-order chi connectivity index (χ0) is 47.1. The highest BCUT2D eigenvalue weighted by Gasteiger charge is 2.21. The number of hydrogen-bond acceptors (Lipinski definition) is 3. The second kappa shape index (κ2) is 11.2. The quantitative estimate of drug-likeness (QED) is 0.183. The van der Waals surface area contributed by atoms with E-state index < -0.39 is 136 Å². The van der Waals surface area contributed by atoms with Crippen LogP contribution in [0.4, 0.5) is 17.1 Å². The third-order valence-corrected chi connectivity index (χ3v) is 9.49. The Morgan fingerprint density at radius 1 is 0.510 bits per heavy atom. The highest BCUT2D eigenvalue weighted by atomic mass is 32.1. The predicted molar refractivity (Wildman–Crippen MR) is 210 cm³/mol. The SMILES string of the molecule is [2H]c1c([2H])c(-c2ccccc2)c([2H])c(N(c2c([2H])c([2H])c(-c3cccc4sc5ccccc5c34)c([2H])c2[2H])c2c([2H])c([2H])c([2H])c3oc4c5c([2H])c([2H])c([2H])c([2H])c5c([2H])c([2H])c4c23)c1[2H]. The van der Waals surface area contributed by atoms with E-state index in [4.69, 9.17) is 16.8 Å². The van der Waals surface area contributed by atoms with Crippen molar-refractivity contribution < 1.29 is 27.7 Å². The van der Waals surface area contributed by atoms with Crippen molar-refractivity contribution in [2.75, 3.05) is 4.90 Å². The Morgan fingerprint density at radius 3 is 2.24 bits per heavy atom. The number of benzene rings is 8. The smallest absolute Gasteiger partial charge is 0.143 e. The Morgan fingerprint density at radius 2 is 1.33 bits per heavy atom. The van der Waals surface area contributed by atoms with Crippen LogP contribution in [0.3, 0.4) is 0 Å². The molecule has 0 fully saturated rings. The van der Waals surface area contributed by atoms with Gasteiger partial charge in [-0.25, -0.2) is 0 Å². The van der Waals surface area contributed by atoms with Gasteiger partial charge in [0.1, 0.15) is 11.2 Å². The summed E-state index contributed by atoms with van der Waals surface area (Å²) >= 11 is 1.48. The van der Waals surface area contributed by atoms with E-state index in [1.54, 1.807) is 42.5 Å². The van der Waals surface area contributed by atoms with Crippen LogP contribution in [-0.2, 0) is 0 Å². The molecule has 0 bridgehead atoms. The normalized spacial score (nSPS) is 16.5. The van der Waals surface area contributed by atoms with Crippen molar-refractivity contribution >= 4 is 81.3 Å². The number of rotatable bonds is 5. The first-order chi connectivity index (χ1) is 31.4. The lowest BCUT2D eigenvalue weighted by molar-refractivity contribution is 0.672. The summed E-state index contributed by atoms with van der Waals surface area (Å²) in [7, 11) is 0. The van der Waals surface area contributed by atoms with E-state index in [9.17, 15) is 11.0 Å². The van der Waals surface area contributed by atoms with Gasteiger partial charge in [0.05, 0.1) is 34.4 Å². The molecule has 0 saturated carbocycles. The molecule has 2 aromatic heterocycles. The summed E-state index contributed by atoms with van der Waals surface area (Å²) in [5, 5.41) is -0.0610. The molecule has 0 aliphatic heterocycles. The Labute approximate surface area is 311 Å². The van der Waals surface area contributed by atoms with Crippen LogP contribution in [0.1, 0.15) is 23.3 Å². The van der Waals surface area contributed by atoms with Gasteiger partial charge in [0, 0.05) is 42.3 Å². The molecular weight excluding hydrogens is 615 g/mol. The van der Waals surface area contributed by atoms with Gasteiger partial charge in [0.2, 0.25) is 0 Å². The van der Waals surface area contributed by atoms with Crippen LogP contribution in [0.25, 0.3) is 75.1 Å². The summed E-state index contributed by atoms with van der Waals surface area (Å²) in [6, 6.07) is 8.97. The second-order valence-corrected chi connectivity index (χ2v) is 12.2. The zero-order valence-corrected chi connectivity index (χ0v) is 26.0. The lowest BCUT2D eigenvalue weighted by atomic mass is 9.98. The fraction of sp³-hybridized carbons (Fsp3) is 0. The van der Waals surface area contributed by atoms with E-state index in [-0.39, 0.29) is 32.8 Å². The van der Waals surface area contributed by atoms with Crippen molar-refractivity contribution in [3.8, 4) is 22.3 Å². The minimum absolute atomic E-state index is 0.103. The fourth-order valence-electron chi connectivity index (χ4n) is 6.18. The van der Waals surface area contributed by atoms with Crippen LogP contribution in [0, 0.1) is 0 Å². The summed E-state index contributed by atoms with van der Waals surface area (Å²) in [6.45, 7) is 0. The molecular formula is C46H29NOS. The maximum atomic E-state index is 9.76. The van der Waals surface area contributed by atoms with Crippen LogP contribution in [0.15, 0.2) is 180 Å². The molecule has 0 aliphatic rings. The van der Waals surface area contributed by atoms with Crippen molar-refractivity contribution in [2.45, 2.75) is 0 Å². The number of furan rings is 1. The molecule has 0 atom stereocenters. The molecule has 49 heavy (non-hydrogen) atoms. The van der Waals surface area contributed by atoms with Crippen molar-refractivity contribution in [3.63, 3.8) is 0 Å². The predicted octanol–water partition coefficient (Wildman–Crippen LogP) is 13.9. The molecule has 0 amide bonds. The summed E-state index contributed by atoms with van der Waals surface area (Å²) in [5.74, 6) is 0. The molecule has 10 aromatic rings. The van der Waals surface area contributed by atoms with Gasteiger partial charge in [-0.3, -0.25) is 0 Å². The highest BCUT2D eigenvalue weighted by molar-refractivity contribution is 7.25. The van der Waals surface area contributed by atoms with E-state index in [1.165, 1.54) is 11.3 Å². The van der Waals surface area contributed by atoms with Gasteiger partial charge >= 0.3 is 0 Å². The first kappa shape index (κ1) is 15.8. The molecule has 0 N–H and O–H groups in total. The maximum absolute atomic E-state index is 9.76. The van der Waals surface area contributed by atoms with E-state index in [2.05, 4.69) is 0 Å². The number of thiophene rings is 1. The minimum Gasteiger partial charge on any atom is -0.455 e. The molecule has 2 heterocycles. The lowest BCUT2D eigenvalue weighted by Gasteiger charge is -2.27. The van der Waals surface area contributed by atoms with E-state index >= 15 is 0 Å². The Bertz CT molecular complexity index is 3780. The molecule has 10 rings (SSSR count). The van der Waals surface area contributed by atoms with Crippen LogP contribution < -0.4 is 4.90 Å². The summed E-state index contributed by atoms with van der Waals surface area (Å²) in [4.78, 5) is 0.838. The van der Waals surface area contributed by atoms with Gasteiger partial charge < -0.3 is 9.32 Å². The van der Waals surface area contributed by atoms with Gasteiger partial charge in [0.25, 0.3) is 0 Å². The van der Waals surface area contributed by atoms with E-state index in [0.29, 0.717) is 10.9 Å². The Balaban J connectivity index is 1.42. The molecule has 0 aliphatic carbocycles. The number of hydrogen-bond donors (Lipinski definition) is 0. The summed E-state index contributed by atoms with van der Waals surface area (Å²) in [5.41, 5.74) is -2.53. The van der Waals surface area contributed by atoms with Gasteiger partial charge in [-0.1, -0.05) is 121 Å². The number of fused-ring (bicyclic) bond motifs is 8. The minimum atomic E-state index is -0.854. The third kappa shape index (κ3) is 4.55. The second-order valence-electron chi connectivity index (χ2n) is 11.2. The highest BCUT2D eigenvalue weighted by Crippen LogP contribution is 2.46. The van der Waals surface area contributed by atoms with Gasteiger partial charge in [-0.05, 0) is 82.1 Å². The Kier molecular flexibility index (Phi) is 3.63. The largest absolute Gasteiger partial charge is 0.455 e. The van der Waals surface area contributed by atoms with Crippen LogP contribution in [-0.4, -0.2) is 0 Å². The molecule has 230 valence electrons. The molecule has 0 spiro atoms. The van der Waals surface area contributed by atoms with Gasteiger partial charge in [-0.15, -0.1) is 11.3 Å².